The van der Waals surface area contributed by atoms with Gasteiger partial charge in [-0.15, -0.1) is 0 Å². The summed E-state index contributed by atoms with van der Waals surface area (Å²) in [5.41, 5.74) is 0. The Morgan fingerprint density at radius 2 is 1.42 bits per heavy atom. The Morgan fingerprint density at radius 1 is 1.08 bits per heavy atom. The number of nitrogens with one attached hydrogen (secondary N) is 1. The first-order valence-electron chi connectivity index (χ1n) is 4.27. The third-order valence-corrected chi connectivity index (χ3v) is 1.20. The molecule has 0 aromatic heterocycles. The molecule has 12 heavy (non-hydrogen) atoms. The molecule has 0 heterocycles. The fraction of sp³-hybridized carbons (Fsp3) is 0.889. The number of rotatable bonds is 5. The Morgan fingerprint density at radius 3 is 1.58 bits per heavy atom. The van der Waals surface area contributed by atoms with Crippen molar-refractivity contribution in [1.29, 1.82) is 5.41 Å². The zero-order valence-corrected chi connectivity index (χ0v) is 8.55. The summed E-state index contributed by atoms with van der Waals surface area (Å²) >= 11 is 0. The van der Waals surface area contributed by atoms with Gasteiger partial charge < -0.3 is 14.9 Å². The molecule has 0 saturated heterocycles. The van der Waals surface area contributed by atoms with E-state index in [4.69, 9.17) is 14.9 Å². The molecule has 3 nitrogen and oxygen atoms in total. The van der Waals surface area contributed by atoms with Crippen molar-refractivity contribution in [1.82, 2.24) is 0 Å². The highest BCUT2D eigenvalue weighted by molar-refractivity contribution is 5.62. The first-order valence-corrected chi connectivity index (χ1v) is 4.27. The highest BCUT2D eigenvalue weighted by Gasteiger charge is 2.25. The predicted molar refractivity (Wildman–Crippen MR) is 49.6 cm³/mol. The van der Waals surface area contributed by atoms with Crippen molar-refractivity contribution in [2.45, 2.75) is 52.6 Å². The second-order valence-electron chi connectivity index (χ2n) is 3.49. The van der Waals surface area contributed by atoms with Gasteiger partial charge in [0.15, 0.2) is 0 Å². The largest absolute Gasteiger partial charge is 0.343 e. The zero-order chi connectivity index (χ0) is 9.78. The summed E-state index contributed by atoms with van der Waals surface area (Å²) in [5, 5.41) is 7.17. The molecule has 0 atom stereocenters. The molecule has 0 saturated carbocycles. The van der Waals surface area contributed by atoms with Crippen LogP contribution in [0.25, 0.3) is 0 Å². The number of ether oxygens (including phenoxy) is 2. The lowest BCUT2D eigenvalue weighted by Gasteiger charge is -2.29. The summed E-state index contributed by atoms with van der Waals surface area (Å²) in [6, 6.07) is 0. The zero-order valence-electron chi connectivity index (χ0n) is 8.55. The van der Waals surface area contributed by atoms with Gasteiger partial charge in [0.05, 0.1) is 18.4 Å². The lowest BCUT2D eigenvalue weighted by Crippen LogP contribution is -2.38. The second kappa shape index (κ2) is 4.58. The first-order chi connectivity index (χ1) is 5.39. The molecule has 0 radical (unpaired) electrons. The molecular weight excluding hydrogens is 154 g/mol. The van der Waals surface area contributed by atoms with Crippen molar-refractivity contribution in [2.75, 3.05) is 0 Å². The fourth-order valence-corrected chi connectivity index (χ4v) is 1.03. The van der Waals surface area contributed by atoms with Crippen molar-refractivity contribution in [3.05, 3.63) is 0 Å². The maximum absolute atomic E-state index is 7.17. The molecule has 0 amide bonds. The monoisotopic (exact) mass is 173 g/mol. The lowest BCUT2D eigenvalue weighted by atomic mass is 10.3. The molecule has 0 aromatic rings. The number of hydrogen-bond donors (Lipinski definition) is 1. The molecule has 1 N–H and O–H groups in total. The molecule has 0 unspecified atom stereocenters. The van der Waals surface area contributed by atoms with E-state index in [0.717, 1.165) is 0 Å². The normalized spacial score (nSPS) is 12.6. The molecule has 0 aliphatic carbocycles. The van der Waals surface area contributed by atoms with Crippen LogP contribution in [0, 0.1) is 5.41 Å². The van der Waals surface area contributed by atoms with Crippen LogP contribution in [0.4, 0.5) is 0 Å². The van der Waals surface area contributed by atoms with E-state index < -0.39 is 5.79 Å². The average Bonchev–Trinajstić information content (AvgIpc) is 1.83. The molecule has 0 spiro atoms. The van der Waals surface area contributed by atoms with Gasteiger partial charge in [-0.3, -0.25) is 0 Å². The van der Waals surface area contributed by atoms with Crippen LogP contribution >= 0.6 is 0 Å². The maximum Gasteiger partial charge on any atom is 0.202 e. The standard InChI is InChI=1S/C9H19NO2/c1-7(2)11-9(5,6-10)12-8(3)4/h6-8,10H,1-5H3. The Balaban J connectivity index is 4.14. The van der Waals surface area contributed by atoms with E-state index in [1.165, 1.54) is 6.21 Å². The minimum Gasteiger partial charge on any atom is -0.343 e. The van der Waals surface area contributed by atoms with E-state index in [9.17, 15) is 0 Å². The topological polar surface area (TPSA) is 42.3 Å². The van der Waals surface area contributed by atoms with Crippen LogP contribution < -0.4 is 0 Å². The highest BCUT2D eigenvalue weighted by Crippen LogP contribution is 2.14. The van der Waals surface area contributed by atoms with Gasteiger partial charge in [-0.05, 0) is 34.6 Å². The van der Waals surface area contributed by atoms with Gasteiger partial charge in [0, 0.05) is 0 Å². The van der Waals surface area contributed by atoms with Crippen molar-refractivity contribution >= 4 is 6.21 Å². The van der Waals surface area contributed by atoms with Crippen LogP contribution in [0.3, 0.4) is 0 Å². The molecule has 0 fully saturated rings. The van der Waals surface area contributed by atoms with Crippen LogP contribution in [0.15, 0.2) is 0 Å². The Bertz CT molecular complexity index is 133. The molecule has 0 aliphatic rings. The number of hydrogen-bond acceptors (Lipinski definition) is 3. The first kappa shape index (κ1) is 11.6. The van der Waals surface area contributed by atoms with E-state index in [1.54, 1.807) is 6.92 Å². The Kier molecular flexibility index (Phi) is 4.42. The second-order valence-corrected chi connectivity index (χ2v) is 3.49. The van der Waals surface area contributed by atoms with E-state index in [0.29, 0.717) is 0 Å². The van der Waals surface area contributed by atoms with Gasteiger partial charge in [-0.2, -0.15) is 0 Å². The van der Waals surface area contributed by atoms with Gasteiger partial charge in [0.25, 0.3) is 0 Å². The summed E-state index contributed by atoms with van der Waals surface area (Å²) in [4.78, 5) is 0. The predicted octanol–water partition coefficient (Wildman–Crippen LogP) is 2.20. The van der Waals surface area contributed by atoms with Crippen molar-refractivity contribution in [2.24, 2.45) is 0 Å². The van der Waals surface area contributed by atoms with Crippen LogP contribution in [0.1, 0.15) is 34.6 Å². The van der Waals surface area contributed by atoms with E-state index >= 15 is 0 Å². The molecule has 0 bridgehead atoms. The summed E-state index contributed by atoms with van der Waals surface area (Å²) in [5.74, 6) is -0.873. The van der Waals surface area contributed by atoms with Crippen LogP contribution in [0.5, 0.6) is 0 Å². The smallest absolute Gasteiger partial charge is 0.202 e. The minimum absolute atomic E-state index is 0.0651. The summed E-state index contributed by atoms with van der Waals surface area (Å²) in [6.45, 7) is 9.44. The van der Waals surface area contributed by atoms with Gasteiger partial charge in [0.1, 0.15) is 0 Å². The average molecular weight is 173 g/mol. The van der Waals surface area contributed by atoms with Crippen molar-refractivity contribution in [3.63, 3.8) is 0 Å². The van der Waals surface area contributed by atoms with Crippen molar-refractivity contribution in [3.8, 4) is 0 Å². The third-order valence-electron chi connectivity index (χ3n) is 1.20. The molecule has 0 aliphatic heterocycles. The molecule has 0 rings (SSSR count). The summed E-state index contributed by atoms with van der Waals surface area (Å²) < 4.78 is 10.9. The fourth-order valence-electron chi connectivity index (χ4n) is 1.03. The lowest BCUT2D eigenvalue weighted by molar-refractivity contribution is -0.210. The third kappa shape index (κ3) is 4.46. The van der Waals surface area contributed by atoms with Gasteiger partial charge in [0.2, 0.25) is 5.79 Å². The highest BCUT2D eigenvalue weighted by atomic mass is 16.7. The van der Waals surface area contributed by atoms with Crippen molar-refractivity contribution < 1.29 is 9.47 Å². The maximum atomic E-state index is 7.17. The molecular formula is C9H19NO2. The molecule has 72 valence electrons. The Labute approximate surface area is 74.6 Å². The van der Waals surface area contributed by atoms with E-state index in [1.807, 2.05) is 27.7 Å². The van der Waals surface area contributed by atoms with E-state index in [2.05, 4.69) is 0 Å². The quantitative estimate of drug-likeness (QED) is 0.511. The van der Waals surface area contributed by atoms with Crippen LogP contribution in [-0.4, -0.2) is 24.2 Å². The van der Waals surface area contributed by atoms with E-state index in [-0.39, 0.29) is 12.2 Å². The van der Waals surface area contributed by atoms with Gasteiger partial charge in [-0.1, -0.05) is 0 Å². The summed E-state index contributed by atoms with van der Waals surface area (Å²) in [7, 11) is 0. The SMILES string of the molecule is CC(C)OC(C)(C=N)OC(C)C. The molecule has 0 aromatic carbocycles. The van der Waals surface area contributed by atoms with Gasteiger partial charge in [-0.25, -0.2) is 0 Å². The summed E-state index contributed by atoms with van der Waals surface area (Å²) in [6.07, 6.45) is 1.32. The minimum atomic E-state index is -0.873. The van der Waals surface area contributed by atoms with Crippen LogP contribution in [0.2, 0.25) is 0 Å². The van der Waals surface area contributed by atoms with Gasteiger partial charge >= 0.3 is 0 Å². The molecule has 3 heteroatoms. The Hall–Kier alpha value is -0.410. The van der Waals surface area contributed by atoms with Crippen LogP contribution in [-0.2, 0) is 9.47 Å².